The zero-order valence-electron chi connectivity index (χ0n) is 8.75. The Labute approximate surface area is 85.0 Å². The molecule has 0 spiro atoms. The second kappa shape index (κ2) is 3.62. The van der Waals surface area contributed by atoms with Crippen LogP contribution in [0.1, 0.15) is 25.0 Å². The minimum Gasteiger partial charge on any atom is -0.508 e. The van der Waals surface area contributed by atoms with E-state index in [1.165, 1.54) is 11.1 Å². The molecule has 0 aromatic heterocycles. The van der Waals surface area contributed by atoms with Crippen LogP contribution in [0.2, 0.25) is 0 Å². The van der Waals surface area contributed by atoms with E-state index in [0.29, 0.717) is 17.7 Å². The van der Waals surface area contributed by atoms with Crippen molar-refractivity contribution in [3.8, 4) is 5.75 Å². The second-order valence-electron chi connectivity index (χ2n) is 4.39. The molecule has 1 aliphatic heterocycles. The zero-order chi connectivity index (χ0) is 10.1. The third-order valence-electron chi connectivity index (χ3n) is 2.99. The van der Waals surface area contributed by atoms with Gasteiger partial charge in [-0.25, -0.2) is 0 Å². The van der Waals surface area contributed by atoms with E-state index < -0.39 is 0 Å². The van der Waals surface area contributed by atoms with E-state index in [0.717, 1.165) is 13.0 Å². The molecule has 0 saturated heterocycles. The highest BCUT2D eigenvalue weighted by Gasteiger charge is 2.20. The fraction of sp³-hybridized carbons (Fsp3) is 0.500. The van der Waals surface area contributed by atoms with E-state index in [-0.39, 0.29) is 0 Å². The molecule has 2 rings (SSSR count). The van der Waals surface area contributed by atoms with Crippen LogP contribution >= 0.6 is 0 Å². The third kappa shape index (κ3) is 1.75. The summed E-state index contributed by atoms with van der Waals surface area (Å²) in [5, 5.41) is 12.8. The number of aromatic hydroxyl groups is 1. The number of phenols is 1. The van der Waals surface area contributed by atoms with Crippen molar-refractivity contribution in [2.75, 3.05) is 0 Å². The van der Waals surface area contributed by atoms with Crippen LogP contribution in [-0.2, 0) is 13.0 Å². The molecule has 0 aliphatic carbocycles. The van der Waals surface area contributed by atoms with Crippen LogP contribution in [0.5, 0.6) is 5.75 Å². The first-order chi connectivity index (χ1) is 6.66. The van der Waals surface area contributed by atoms with Crippen LogP contribution in [0.4, 0.5) is 0 Å². The molecule has 0 fully saturated rings. The summed E-state index contributed by atoms with van der Waals surface area (Å²) in [6, 6.07) is 6.26. The molecule has 2 heteroatoms. The van der Waals surface area contributed by atoms with Gasteiger partial charge in [0, 0.05) is 12.6 Å². The number of hydrogen-bond donors (Lipinski definition) is 2. The van der Waals surface area contributed by atoms with Crippen LogP contribution in [0, 0.1) is 5.92 Å². The van der Waals surface area contributed by atoms with Gasteiger partial charge in [0.1, 0.15) is 5.75 Å². The zero-order valence-corrected chi connectivity index (χ0v) is 8.75. The predicted octanol–water partition coefficient (Wildman–Crippen LogP) is 2.06. The number of benzene rings is 1. The van der Waals surface area contributed by atoms with Gasteiger partial charge in [-0.3, -0.25) is 0 Å². The third-order valence-corrected chi connectivity index (χ3v) is 2.99. The predicted molar refractivity (Wildman–Crippen MR) is 57.3 cm³/mol. The van der Waals surface area contributed by atoms with E-state index in [1.807, 2.05) is 12.1 Å². The standard InChI is InChI=1S/C12H17NO/c1-8(2)12-6-9-3-4-11(14)5-10(9)7-13-12/h3-5,8,12-14H,6-7H2,1-2H3. The van der Waals surface area contributed by atoms with Gasteiger partial charge in [-0.05, 0) is 35.6 Å². The monoisotopic (exact) mass is 191 g/mol. The summed E-state index contributed by atoms with van der Waals surface area (Å²) in [6.45, 7) is 5.36. The number of rotatable bonds is 1. The van der Waals surface area contributed by atoms with Gasteiger partial charge in [-0.1, -0.05) is 19.9 Å². The lowest BCUT2D eigenvalue weighted by Gasteiger charge is -2.29. The van der Waals surface area contributed by atoms with E-state index >= 15 is 0 Å². The van der Waals surface area contributed by atoms with Crippen LogP contribution in [0.15, 0.2) is 18.2 Å². The highest BCUT2D eigenvalue weighted by molar-refractivity contribution is 5.36. The van der Waals surface area contributed by atoms with Crippen molar-refractivity contribution in [3.05, 3.63) is 29.3 Å². The van der Waals surface area contributed by atoms with Gasteiger partial charge in [-0.15, -0.1) is 0 Å². The van der Waals surface area contributed by atoms with Crippen molar-refractivity contribution in [1.82, 2.24) is 5.32 Å². The number of nitrogens with one attached hydrogen (secondary N) is 1. The first-order valence-corrected chi connectivity index (χ1v) is 5.21. The fourth-order valence-corrected chi connectivity index (χ4v) is 2.00. The molecule has 0 amide bonds. The summed E-state index contributed by atoms with van der Waals surface area (Å²) in [4.78, 5) is 0. The molecule has 0 radical (unpaired) electrons. The quantitative estimate of drug-likeness (QED) is 0.712. The molecule has 76 valence electrons. The molecule has 1 unspecified atom stereocenters. The maximum Gasteiger partial charge on any atom is 0.115 e. The smallest absolute Gasteiger partial charge is 0.115 e. The summed E-state index contributed by atoms with van der Waals surface area (Å²) >= 11 is 0. The minimum atomic E-state index is 0.369. The molecular formula is C12H17NO. The normalized spacial score (nSPS) is 20.9. The lowest BCUT2D eigenvalue weighted by Crippen LogP contribution is -2.39. The van der Waals surface area contributed by atoms with Gasteiger partial charge in [0.25, 0.3) is 0 Å². The van der Waals surface area contributed by atoms with Crippen LogP contribution in [0.3, 0.4) is 0 Å². The molecule has 1 atom stereocenters. The Morgan fingerprint density at radius 2 is 2.14 bits per heavy atom. The molecule has 0 bridgehead atoms. The van der Waals surface area contributed by atoms with E-state index in [9.17, 15) is 5.11 Å². The van der Waals surface area contributed by atoms with Gasteiger partial charge in [0.15, 0.2) is 0 Å². The Balaban J connectivity index is 2.23. The molecule has 2 nitrogen and oxygen atoms in total. The number of hydrogen-bond acceptors (Lipinski definition) is 2. The Kier molecular flexibility index (Phi) is 2.46. The molecule has 0 saturated carbocycles. The van der Waals surface area contributed by atoms with Gasteiger partial charge >= 0.3 is 0 Å². The van der Waals surface area contributed by atoms with E-state index in [4.69, 9.17) is 0 Å². The molecule has 1 heterocycles. The number of phenolic OH excluding ortho intramolecular Hbond substituents is 1. The molecular weight excluding hydrogens is 174 g/mol. The lowest BCUT2D eigenvalue weighted by atomic mass is 9.90. The Bertz CT molecular complexity index is 333. The second-order valence-corrected chi connectivity index (χ2v) is 4.39. The fourth-order valence-electron chi connectivity index (χ4n) is 2.00. The van der Waals surface area contributed by atoms with Gasteiger partial charge in [0.2, 0.25) is 0 Å². The topological polar surface area (TPSA) is 32.3 Å². The first kappa shape index (κ1) is 9.53. The highest BCUT2D eigenvalue weighted by atomic mass is 16.3. The van der Waals surface area contributed by atoms with Gasteiger partial charge in [0.05, 0.1) is 0 Å². The minimum absolute atomic E-state index is 0.369. The van der Waals surface area contributed by atoms with E-state index in [1.54, 1.807) is 6.07 Å². The number of fused-ring (bicyclic) bond motifs is 1. The van der Waals surface area contributed by atoms with Crippen molar-refractivity contribution < 1.29 is 5.11 Å². The van der Waals surface area contributed by atoms with Crippen LogP contribution < -0.4 is 5.32 Å². The molecule has 1 aromatic rings. The molecule has 1 aliphatic rings. The molecule has 2 N–H and O–H groups in total. The SMILES string of the molecule is CC(C)C1Cc2ccc(O)cc2CN1. The van der Waals surface area contributed by atoms with Crippen molar-refractivity contribution in [3.63, 3.8) is 0 Å². The first-order valence-electron chi connectivity index (χ1n) is 5.21. The maximum absolute atomic E-state index is 9.34. The summed E-state index contributed by atoms with van der Waals surface area (Å²) in [5.74, 6) is 1.03. The Morgan fingerprint density at radius 1 is 1.36 bits per heavy atom. The summed E-state index contributed by atoms with van der Waals surface area (Å²) in [7, 11) is 0. The van der Waals surface area contributed by atoms with Crippen LogP contribution in [-0.4, -0.2) is 11.1 Å². The molecule has 14 heavy (non-hydrogen) atoms. The Hall–Kier alpha value is -1.02. The average Bonchev–Trinajstić information content (AvgIpc) is 2.16. The van der Waals surface area contributed by atoms with Crippen molar-refractivity contribution >= 4 is 0 Å². The van der Waals surface area contributed by atoms with Crippen LogP contribution in [0.25, 0.3) is 0 Å². The van der Waals surface area contributed by atoms with E-state index in [2.05, 4.69) is 19.2 Å². The van der Waals surface area contributed by atoms with Gasteiger partial charge in [-0.2, -0.15) is 0 Å². The van der Waals surface area contributed by atoms with Gasteiger partial charge < -0.3 is 10.4 Å². The van der Waals surface area contributed by atoms with Crippen molar-refractivity contribution in [2.24, 2.45) is 5.92 Å². The highest BCUT2D eigenvalue weighted by Crippen LogP contribution is 2.23. The summed E-state index contributed by atoms with van der Waals surface area (Å²) in [6.07, 6.45) is 1.08. The van der Waals surface area contributed by atoms with Crippen molar-refractivity contribution in [2.45, 2.75) is 32.9 Å². The molecule has 1 aromatic carbocycles. The largest absolute Gasteiger partial charge is 0.508 e. The van der Waals surface area contributed by atoms with Crippen molar-refractivity contribution in [1.29, 1.82) is 0 Å². The maximum atomic E-state index is 9.34. The Morgan fingerprint density at radius 3 is 2.86 bits per heavy atom. The average molecular weight is 191 g/mol. The summed E-state index contributed by atoms with van der Waals surface area (Å²) in [5.41, 5.74) is 2.61. The summed E-state index contributed by atoms with van der Waals surface area (Å²) < 4.78 is 0. The lowest BCUT2D eigenvalue weighted by molar-refractivity contribution is 0.376.